The molecule has 1 saturated heterocycles. The molecule has 1 aromatic carbocycles. The van der Waals surface area contributed by atoms with E-state index in [4.69, 9.17) is 16.3 Å². The summed E-state index contributed by atoms with van der Waals surface area (Å²) in [6, 6.07) is 4.61. The number of nitro benzene ring substituents is 1. The third-order valence-corrected chi connectivity index (χ3v) is 4.29. The van der Waals surface area contributed by atoms with Crippen LogP contribution in [0.5, 0.6) is 0 Å². The summed E-state index contributed by atoms with van der Waals surface area (Å²) >= 11 is 5.85. The first-order valence-electron chi connectivity index (χ1n) is 8.25. The van der Waals surface area contributed by atoms with Crippen molar-refractivity contribution < 1.29 is 14.5 Å². The Bertz CT molecular complexity index is 660. The number of nitrogens with one attached hydrogen (secondary N) is 1. The van der Waals surface area contributed by atoms with E-state index in [1.54, 1.807) is 17.0 Å². The third-order valence-electron chi connectivity index (χ3n) is 4.05. The Kier molecular flexibility index (Phi) is 5.77. The molecule has 1 aliphatic heterocycles. The van der Waals surface area contributed by atoms with Gasteiger partial charge in [-0.3, -0.25) is 10.1 Å². The van der Waals surface area contributed by atoms with Crippen LogP contribution in [-0.2, 0) is 4.74 Å². The molecular weight excluding hydrogens is 346 g/mol. The third kappa shape index (κ3) is 5.22. The maximum absolute atomic E-state index is 12.2. The van der Waals surface area contributed by atoms with Gasteiger partial charge in [-0.25, -0.2) is 4.79 Å². The van der Waals surface area contributed by atoms with E-state index >= 15 is 0 Å². The number of likely N-dealkylation sites (tertiary alicyclic amines) is 1. The smallest absolute Gasteiger partial charge is 0.410 e. The van der Waals surface area contributed by atoms with Gasteiger partial charge in [-0.1, -0.05) is 18.5 Å². The van der Waals surface area contributed by atoms with Gasteiger partial charge in [-0.2, -0.15) is 0 Å². The number of carbonyl (C=O) groups excluding carboxylic acids is 1. The zero-order valence-electron chi connectivity index (χ0n) is 14.9. The molecular formula is C17H24ClN3O4. The van der Waals surface area contributed by atoms with Gasteiger partial charge in [-0.05, 0) is 45.2 Å². The van der Waals surface area contributed by atoms with Gasteiger partial charge in [0.05, 0.1) is 4.92 Å². The van der Waals surface area contributed by atoms with Gasteiger partial charge in [0.25, 0.3) is 5.69 Å². The van der Waals surface area contributed by atoms with Gasteiger partial charge >= 0.3 is 6.09 Å². The molecule has 7 nitrogen and oxygen atoms in total. The molecule has 1 fully saturated rings. The Morgan fingerprint density at radius 3 is 2.68 bits per heavy atom. The second-order valence-corrected chi connectivity index (χ2v) is 7.80. The van der Waals surface area contributed by atoms with Crippen molar-refractivity contribution in [3.05, 3.63) is 33.3 Å². The number of piperidine rings is 1. The van der Waals surface area contributed by atoms with Crippen LogP contribution in [0.1, 0.15) is 34.1 Å². The van der Waals surface area contributed by atoms with Crippen LogP contribution in [-0.4, -0.2) is 40.6 Å². The molecule has 0 spiro atoms. The largest absolute Gasteiger partial charge is 0.444 e. The van der Waals surface area contributed by atoms with E-state index in [-0.39, 0.29) is 23.7 Å². The summed E-state index contributed by atoms with van der Waals surface area (Å²) in [6.45, 7) is 8.59. The van der Waals surface area contributed by atoms with Gasteiger partial charge in [-0.15, -0.1) is 0 Å². The highest BCUT2D eigenvalue weighted by Gasteiger charge is 2.32. The van der Waals surface area contributed by atoms with Gasteiger partial charge < -0.3 is 15.0 Å². The molecule has 0 radical (unpaired) electrons. The number of hydrogen-bond donors (Lipinski definition) is 1. The molecule has 2 atom stereocenters. The standard InChI is InChI=1S/C17H24ClN3O4/c1-11-10-20(16(22)25-17(2,3)4)8-7-13(11)19-14-6-5-12(18)9-15(14)21(23)24/h5-6,9,11,13,19H,7-8,10H2,1-4H3. The highest BCUT2D eigenvalue weighted by Crippen LogP contribution is 2.31. The molecule has 25 heavy (non-hydrogen) atoms. The average Bonchev–Trinajstić information content (AvgIpc) is 2.48. The molecule has 1 aromatic rings. The normalized spacial score (nSPS) is 20.9. The maximum atomic E-state index is 12.2. The molecule has 0 aromatic heterocycles. The molecule has 138 valence electrons. The summed E-state index contributed by atoms with van der Waals surface area (Å²) < 4.78 is 5.41. The number of carbonyl (C=O) groups is 1. The van der Waals surface area contributed by atoms with Crippen molar-refractivity contribution in [1.29, 1.82) is 0 Å². The lowest BCUT2D eigenvalue weighted by Crippen LogP contribution is -2.49. The molecule has 0 saturated carbocycles. The van der Waals surface area contributed by atoms with Crippen LogP contribution in [0.15, 0.2) is 18.2 Å². The SMILES string of the molecule is CC1CN(C(=O)OC(C)(C)C)CCC1Nc1ccc(Cl)cc1[N+](=O)[O-]. The summed E-state index contributed by atoms with van der Waals surface area (Å²) in [5.74, 6) is 0.122. The van der Waals surface area contributed by atoms with Crippen LogP contribution in [0.25, 0.3) is 0 Å². The van der Waals surface area contributed by atoms with Crippen molar-refractivity contribution >= 4 is 29.1 Å². The van der Waals surface area contributed by atoms with Crippen LogP contribution in [0.2, 0.25) is 5.02 Å². The van der Waals surface area contributed by atoms with Gasteiger partial charge in [0, 0.05) is 30.2 Å². The maximum Gasteiger partial charge on any atom is 0.410 e. The number of nitrogens with zero attached hydrogens (tertiary/aromatic N) is 2. The quantitative estimate of drug-likeness (QED) is 0.634. The molecule has 0 bridgehead atoms. The topological polar surface area (TPSA) is 84.7 Å². The molecule has 1 aliphatic rings. The number of amides is 1. The first-order valence-corrected chi connectivity index (χ1v) is 8.63. The first-order chi connectivity index (χ1) is 11.6. The summed E-state index contributed by atoms with van der Waals surface area (Å²) in [5, 5.41) is 14.8. The lowest BCUT2D eigenvalue weighted by Gasteiger charge is -2.38. The molecule has 1 N–H and O–H groups in total. The fraction of sp³-hybridized carbons (Fsp3) is 0.588. The Morgan fingerprint density at radius 2 is 2.12 bits per heavy atom. The number of anilines is 1. The van der Waals surface area contributed by atoms with Gasteiger partial charge in [0.2, 0.25) is 0 Å². The minimum atomic E-state index is -0.528. The molecule has 0 aliphatic carbocycles. The zero-order valence-corrected chi connectivity index (χ0v) is 15.7. The van der Waals surface area contributed by atoms with E-state index in [0.29, 0.717) is 30.2 Å². The fourth-order valence-corrected chi connectivity index (χ4v) is 3.00. The summed E-state index contributed by atoms with van der Waals surface area (Å²) in [7, 11) is 0. The summed E-state index contributed by atoms with van der Waals surface area (Å²) in [5.41, 5.74) is -0.134. The van der Waals surface area contributed by atoms with Crippen molar-refractivity contribution in [3.8, 4) is 0 Å². The van der Waals surface area contributed by atoms with Crippen LogP contribution < -0.4 is 5.32 Å². The second kappa shape index (κ2) is 7.47. The van der Waals surface area contributed by atoms with Gasteiger partial charge in [0.15, 0.2) is 0 Å². The first kappa shape index (κ1) is 19.3. The number of nitro groups is 1. The van der Waals surface area contributed by atoms with E-state index < -0.39 is 10.5 Å². The Labute approximate surface area is 152 Å². The number of benzene rings is 1. The van der Waals surface area contributed by atoms with Crippen molar-refractivity contribution in [2.45, 2.75) is 45.8 Å². The monoisotopic (exact) mass is 369 g/mol. The van der Waals surface area contributed by atoms with Crippen molar-refractivity contribution in [2.75, 3.05) is 18.4 Å². The van der Waals surface area contributed by atoms with Crippen molar-refractivity contribution in [2.24, 2.45) is 5.92 Å². The lowest BCUT2D eigenvalue weighted by molar-refractivity contribution is -0.384. The average molecular weight is 370 g/mol. The van der Waals surface area contributed by atoms with E-state index in [2.05, 4.69) is 5.32 Å². The Hall–Kier alpha value is -2.02. The number of hydrogen-bond acceptors (Lipinski definition) is 5. The Balaban J connectivity index is 2.03. The molecule has 1 amide bonds. The molecule has 8 heteroatoms. The summed E-state index contributed by atoms with van der Waals surface area (Å²) in [6.07, 6.45) is 0.357. The van der Waals surface area contributed by atoms with Crippen LogP contribution in [0.3, 0.4) is 0 Å². The lowest BCUT2D eigenvalue weighted by atomic mass is 9.93. The van der Waals surface area contributed by atoms with Crippen LogP contribution in [0, 0.1) is 16.0 Å². The van der Waals surface area contributed by atoms with E-state index in [0.717, 1.165) is 0 Å². The number of halogens is 1. The number of rotatable bonds is 3. The minimum Gasteiger partial charge on any atom is -0.444 e. The minimum absolute atomic E-state index is 0.0264. The second-order valence-electron chi connectivity index (χ2n) is 7.36. The van der Waals surface area contributed by atoms with Crippen molar-refractivity contribution in [1.82, 2.24) is 4.90 Å². The predicted octanol–water partition coefficient (Wildman–Crippen LogP) is 4.31. The van der Waals surface area contributed by atoms with E-state index in [9.17, 15) is 14.9 Å². The highest BCUT2D eigenvalue weighted by atomic mass is 35.5. The van der Waals surface area contributed by atoms with Crippen LogP contribution in [0.4, 0.5) is 16.2 Å². The van der Waals surface area contributed by atoms with E-state index in [1.165, 1.54) is 6.07 Å². The number of ether oxygens (including phenoxy) is 1. The van der Waals surface area contributed by atoms with Crippen molar-refractivity contribution in [3.63, 3.8) is 0 Å². The summed E-state index contributed by atoms with van der Waals surface area (Å²) in [4.78, 5) is 24.6. The van der Waals surface area contributed by atoms with Crippen LogP contribution >= 0.6 is 11.6 Å². The fourth-order valence-electron chi connectivity index (χ4n) is 2.83. The molecule has 1 heterocycles. The molecule has 2 rings (SSSR count). The zero-order chi connectivity index (χ0) is 18.8. The Morgan fingerprint density at radius 1 is 1.44 bits per heavy atom. The molecule has 2 unspecified atom stereocenters. The highest BCUT2D eigenvalue weighted by molar-refractivity contribution is 6.30. The predicted molar refractivity (Wildman–Crippen MR) is 97.1 cm³/mol. The van der Waals surface area contributed by atoms with Gasteiger partial charge in [0.1, 0.15) is 11.3 Å². The van der Waals surface area contributed by atoms with E-state index in [1.807, 2.05) is 27.7 Å².